The van der Waals surface area contributed by atoms with Crippen LogP contribution >= 0.6 is 11.6 Å². The summed E-state index contributed by atoms with van der Waals surface area (Å²) in [5, 5.41) is 14.5. The lowest BCUT2D eigenvalue weighted by Crippen LogP contribution is -2.51. The van der Waals surface area contributed by atoms with Gasteiger partial charge in [0.1, 0.15) is 12.6 Å². The molecule has 2 aromatic carbocycles. The molecule has 0 aromatic heterocycles. The number of nitro groups is 1. The van der Waals surface area contributed by atoms with Crippen molar-refractivity contribution in [3.05, 3.63) is 69.2 Å². The van der Waals surface area contributed by atoms with Crippen LogP contribution in [0.4, 0.5) is 11.4 Å². The van der Waals surface area contributed by atoms with E-state index in [4.69, 9.17) is 11.6 Å². The van der Waals surface area contributed by atoms with Crippen molar-refractivity contribution in [2.75, 3.05) is 23.7 Å². The maximum Gasteiger partial charge on any atom is 0.271 e. The molecular formula is C23H29ClN4O6S. The fraction of sp³-hybridized carbons (Fsp3) is 0.391. The highest BCUT2D eigenvalue weighted by molar-refractivity contribution is 7.92. The number of hydrogen-bond acceptors (Lipinski definition) is 6. The van der Waals surface area contributed by atoms with E-state index in [1.165, 1.54) is 23.1 Å². The molecule has 0 fully saturated rings. The highest BCUT2D eigenvalue weighted by Crippen LogP contribution is 2.24. The minimum atomic E-state index is -3.99. The average molecular weight is 525 g/mol. The number of nitrogens with one attached hydrogen (secondary N) is 1. The number of anilines is 1. The monoisotopic (exact) mass is 524 g/mol. The topological polar surface area (TPSA) is 130 Å². The Morgan fingerprint density at radius 3 is 2.29 bits per heavy atom. The summed E-state index contributed by atoms with van der Waals surface area (Å²) in [7, 11) is -3.99. The van der Waals surface area contributed by atoms with Gasteiger partial charge >= 0.3 is 0 Å². The number of hydrogen-bond donors (Lipinski definition) is 1. The number of rotatable bonds is 11. The van der Waals surface area contributed by atoms with E-state index in [1.807, 2.05) is 13.8 Å². The number of halogens is 1. The number of amides is 2. The van der Waals surface area contributed by atoms with Gasteiger partial charge in [0.25, 0.3) is 5.69 Å². The summed E-state index contributed by atoms with van der Waals surface area (Å²) in [5.74, 6) is -0.840. The summed E-state index contributed by atoms with van der Waals surface area (Å²) in [6, 6.07) is 10.8. The van der Waals surface area contributed by atoms with Crippen LogP contribution in [0.2, 0.25) is 5.02 Å². The van der Waals surface area contributed by atoms with Gasteiger partial charge in [0.2, 0.25) is 21.8 Å². The number of benzene rings is 2. The summed E-state index contributed by atoms with van der Waals surface area (Å²) < 4.78 is 25.9. The second kappa shape index (κ2) is 12.0. The summed E-state index contributed by atoms with van der Waals surface area (Å²) in [5.41, 5.74) is 0.342. The molecule has 0 bridgehead atoms. The number of nitro benzene ring substituents is 1. The van der Waals surface area contributed by atoms with E-state index >= 15 is 0 Å². The van der Waals surface area contributed by atoms with E-state index in [0.717, 1.165) is 16.6 Å². The van der Waals surface area contributed by atoms with E-state index < -0.39 is 33.4 Å². The Labute approximate surface area is 210 Å². The number of nitrogens with zero attached hydrogens (tertiary/aromatic N) is 3. The third-order valence-electron chi connectivity index (χ3n) is 5.13. The van der Waals surface area contributed by atoms with Crippen molar-refractivity contribution in [2.24, 2.45) is 5.92 Å². The second-order valence-corrected chi connectivity index (χ2v) is 10.9. The van der Waals surface area contributed by atoms with Crippen molar-refractivity contribution >= 4 is 44.8 Å². The van der Waals surface area contributed by atoms with E-state index in [-0.39, 0.29) is 29.7 Å². The molecule has 12 heteroatoms. The first-order valence-corrected chi connectivity index (χ1v) is 13.1. The molecule has 0 aliphatic heterocycles. The van der Waals surface area contributed by atoms with Gasteiger partial charge < -0.3 is 10.2 Å². The van der Waals surface area contributed by atoms with E-state index in [1.54, 1.807) is 31.2 Å². The van der Waals surface area contributed by atoms with Crippen LogP contribution in [0.25, 0.3) is 0 Å². The first-order valence-electron chi connectivity index (χ1n) is 10.8. The lowest BCUT2D eigenvalue weighted by molar-refractivity contribution is -0.384. The van der Waals surface area contributed by atoms with Crippen molar-refractivity contribution in [3.63, 3.8) is 0 Å². The minimum Gasteiger partial charge on any atom is -0.354 e. The molecule has 2 rings (SSSR count). The molecule has 0 aliphatic carbocycles. The predicted octanol–water partition coefficient (Wildman–Crippen LogP) is 3.20. The highest BCUT2D eigenvalue weighted by Gasteiger charge is 2.30. The van der Waals surface area contributed by atoms with E-state index in [0.29, 0.717) is 17.1 Å². The quantitative estimate of drug-likeness (QED) is 0.355. The van der Waals surface area contributed by atoms with Gasteiger partial charge in [0.15, 0.2) is 0 Å². The maximum atomic E-state index is 13.4. The van der Waals surface area contributed by atoms with Gasteiger partial charge in [0.05, 0.1) is 16.9 Å². The second-order valence-electron chi connectivity index (χ2n) is 8.51. The standard InChI is InChI=1S/C23H29ClN4O6S/c1-16(2)13-25-23(30)17(3)26(14-18-8-10-19(24)11-9-18)22(29)15-27(35(4,33)34)20-6-5-7-21(12-20)28(31)32/h5-12,16-17H,13-15H2,1-4H3,(H,25,30)/t17-/m1/s1. The molecule has 0 saturated heterocycles. The molecule has 0 radical (unpaired) electrons. The van der Waals surface area contributed by atoms with Crippen LogP contribution in [0.1, 0.15) is 26.3 Å². The van der Waals surface area contributed by atoms with Crippen LogP contribution < -0.4 is 9.62 Å². The number of non-ortho nitro benzene ring substituents is 1. The Morgan fingerprint density at radius 1 is 1.11 bits per heavy atom. The summed E-state index contributed by atoms with van der Waals surface area (Å²) in [4.78, 5) is 38.0. The number of carbonyl (C=O) groups excluding carboxylic acids is 2. The van der Waals surface area contributed by atoms with Gasteiger partial charge in [-0.2, -0.15) is 0 Å². The Hall–Kier alpha value is -3.18. The van der Waals surface area contributed by atoms with Crippen LogP contribution in [0.15, 0.2) is 48.5 Å². The molecule has 0 saturated carbocycles. The third-order valence-corrected chi connectivity index (χ3v) is 6.52. The molecule has 2 aromatic rings. The molecule has 10 nitrogen and oxygen atoms in total. The smallest absolute Gasteiger partial charge is 0.271 e. The molecular weight excluding hydrogens is 496 g/mol. The molecule has 0 heterocycles. The van der Waals surface area contributed by atoms with Crippen LogP contribution in [0.3, 0.4) is 0 Å². The van der Waals surface area contributed by atoms with E-state index in [9.17, 15) is 28.1 Å². The summed E-state index contributed by atoms with van der Waals surface area (Å²) in [6.07, 6.45) is 0.904. The number of sulfonamides is 1. The summed E-state index contributed by atoms with van der Waals surface area (Å²) >= 11 is 5.95. The molecule has 35 heavy (non-hydrogen) atoms. The SMILES string of the molecule is CC(C)CNC(=O)[C@@H](C)N(Cc1ccc(Cl)cc1)C(=O)CN(c1cccc([N+](=O)[O-])c1)S(C)(=O)=O. The predicted molar refractivity (Wildman–Crippen MR) is 135 cm³/mol. The lowest BCUT2D eigenvalue weighted by atomic mass is 10.1. The lowest BCUT2D eigenvalue weighted by Gasteiger charge is -2.31. The molecule has 1 atom stereocenters. The van der Waals surface area contributed by atoms with Crippen molar-refractivity contribution in [1.82, 2.24) is 10.2 Å². The van der Waals surface area contributed by atoms with Crippen LogP contribution in [-0.4, -0.2) is 55.4 Å². The zero-order chi connectivity index (χ0) is 26.3. The maximum absolute atomic E-state index is 13.4. The Kier molecular flexibility index (Phi) is 9.61. The van der Waals surface area contributed by atoms with Crippen LogP contribution in [0, 0.1) is 16.0 Å². The highest BCUT2D eigenvalue weighted by atomic mass is 35.5. The van der Waals surface area contributed by atoms with Gasteiger partial charge in [-0.15, -0.1) is 0 Å². The molecule has 190 valence electrons. The first-order chi connectivity index (χ1) is 16.3. The molecule has 0 aliphatic rings. The molecule has 0 spiro atoms. The minimum absolute atomic E-state index is 0.0266. The zero-order valence-electron chi connectivity index (χ0n) is 20.0. The normalized spacial score (nSPS) is 12.2. The largest absolute Gasteiger partial charge is 0.354 e. The van der Waals surface area contributed by atoms with E-state index in [2.05, 4.69) is 5.32 Å². The van der Waals surface area contributed by atoms with Crippen LogP contribution in [-0.2, 0) is 26.2 Å². The average Bonchev–Trinajstić information content (AvgIpc) is 2.79. The Morgan fingerprint density at radius 2 is 1.74 bits per heavy atom. The van der Waals surface area contributed by atoms with Crippen LogP contribution in [0.5, 0.6) is 0 Å². The Bertz CT molecular complexity index is 1170. The van der Waals surface area contributed by atoms with Gasteiger partial charge in [-0.05, 0) is 36.6 Å². The van der Waals surface area contributed by atoms with Crippen molar-refractivity contribution in [2.45, 2.75) is 33.4 Å². The van der Waals surface area contributed by atoms with Gasteiger partial charge in [-0.3, -0.25) is 24.0 Å². The van der Waals surface area contributed by atoms with Gasteiger partial charge in [0, 0.05) is 30.2 Å². The summed E-state index contributed by atoms with van der Waals surface area (Å²) in [6.45, 7) is 5.22. The molecule has 0 unspecified atom stereocenters. The van der Waals surface area contributed by atoms with Crippen molar-refractivity contribution in [1.29, 1.82) is 0 Å². The fourth-order valence-electron chi connectivity index (χ4n) is 3.20. The molecule has 1 N–H and O–H groups in total. The fourth-order valence-corrected chi connectivity index (χ4v) is 4.16. The van der Waals surface area contributed by atoms with Crippen molar-refractivity contribution in [3.8, 4) is 0 Å². The van der Waals surface area contributed by atoms with Gasteiger partial charge in [-0.1, -0.05) is 43.6 Å². The molecule has 2 amide bonds. The van der Waals surface area contributed by atoms with Crippen molar-refractivity contribution < 1.29 is 22.9 Å². The first kappa shape index (κ1) is 28.1. The third kappa shape index (κ3) is 8.22. The Balaban J connectivity index is 2.39. The zero-order valence-corrected chi connectivity index (χ0v) is 21.5. The van der Waals surface area contributed by atoms with Gasteiger partial charge in [-0.25, -0.2) is 8.42 Å². The number of carbonyl (C=O) groups is 2.